The predicted molar refractivity (Wildman–Crippen MR) is 67.1 cm³/mol. The smallest absolute Gasteiger partial charge is 0.0711 e. The monoisotopic (exact) mass is 209 g/mol. The van der Waals surface area contributed by atoms with Crippen LogP contribution in [0.25, 0.3) is 0 Å². The van der Waals surface area contributed by atoms with Gasteiger partial charge < -0.3 is 10.1 Å². The maximum absolute atomic E-state index is 5.42. The van der Waals surface area contributed by atoms with Gasteiger partial charge in [0.05, 0.1) is 13.2 Å². The van der Waals surface area contributed by atoms with Crippen LogP contribution in [-0.2, 0) is 4.74 Å². The highest BCUT2D eigenvalue weighted by Crippen LogP contribution is 2.01. The lowest BCUT2D eigenvalue weighted by molar-refractivity contribution is 0.160. The van der Waals surface area contributed by atoms with E-state index >= 15 is 0 Å². The summed E-state index contributed by atoms with van der Waals surface area (Å²) in [7, 11) is 0. The molecule has 0 aliphatic carbocycles. The quantitative estimate of drug-likeness (QED) is 0.465. The van der Waals surface area contributed by atoms with Crippen LogP contribution < -0.4 is 5.32 Å². The van der Waals surface area contributed by atoms with E-state index < -0.39 is 0 Å². The summed E-state index contributed by atoms with van der Waals surface area (Å²) in [6, 6.07) is 0. The predicted octanol–water partition coefficient (Wildman–Crippen LogP) is 2.69. The van der Waals surface area contributed by atoms with Gasteiger partial charge in [0.15, 0.2) is 0 Å². The van der Waals surface area contributed by atoms with Gasteiger partial charge >= 0.3 is 0 Å². The standard InChI is InChI=1S/C13H23NO/c1-5-12(3)7-8-13(4)11-15-10-9-14-6-2/h7-8,14H,3-6,9-11H2,1-2H3/b8-7-. The molecule has 0 fully saturated rings. The molecule has 0 unspecified atom stereocenters. The summed E-state index contributed by atoms with van der Waals surface area (Å²) in [5, 5.41) is 3.19. The van der Waals surface area contributed by atoms with Gasteiger partial charge in [-0.15, -0.1) is 0 Å². The molecule has 0 aliphatic heterocycles. The zero-order valence-corrected chi connectivity index (χ0v) is 10.0. The van der Waals surface area contributed by atoms with Gasteiger partial charge in [-0.25, -0.2) is 0 Å². The molecular formula is C13H23NO. The van der Waals surface area contributed by atoms with Crippen LogP contribution in [0.1, 0.15) is 20.3 Å². The highest BCUT2D eigenvalue weighted by Gasteiger charge is 1.90. The lowest BCUT2D eigenvalue weighted by Gasteiger charge is -2.04. The molecule has 0 radical (unpaired) electrons. The molecule has 1 N–H and O–H groups in total. The average Bonchev–Trinajstić information content (AvgIpc) is 2.25. The Labute approximate surface area is 93.7 Å². The third-order valence-electron chi connectivity index (χ3n) is 1.97. The number of rotatable bonds is 9. The van der Waals surface area contributed by atoms with E-state index in [-0.39, 0.29) is 0 Å². The Kier molecular flexibility index (Phi) is 9.13. The Morgan fingerprint density at radius 3 is 2.47 bits per heavy atom. The number of nitrogens with one attached hydrogen (secondary N) is 1. The molecule has 0 aliphatic rings. The van der Waals surface area contributed by atoms with E-state index in [1.807, 2.05) is 12.2 Å². The van der Waals surface area contributed by atoms with Crippen molar-refractivity contribution in [3.8, 4) is 0 Å². The van der Waals surface area contributed by atoms with Crippen LogP contribution in [0.5, 0.6) is 0 Å². The van der Waals surface area contributed by atoms with Gasteiger partial charge in [-0.2, -0.15) is 0 Å². The highest BCUT2D eigenvalue weighted by atomic mass is 16.5. The molecule has 0 heterocycles. The summed E-state index contributed by atoms with van der Waals surface area (Å²) < 4.78 is 5.42. The van der Waals surface area contributed by atoms with Crippen LogP contribution in [-0.4, -0.2) is 26.3 Å². The third kappa shape index (κ3) is 9.44. The second-order valence-electron chi connectivity index (χ2n) is 3.41. The van der Waals surface area contributed by atoms with Gasteiger partial charge in [-0.1, -0.05) is 44.7 Å². The van der Waals surface area contributed by atoms with Crippen molar-refractivity contribution in [2.75, 3.05) is 26.3 Å². The van der Waals surface area contributed by atoms with Gasteiger partial charge in [0.1, 0.15) is 0 Å². The molecule has 15 heavy (non-hydrogen) atoms. The van der Waals surface area contributed by atoms with E-state index in [2.05, 4.69) is 32.3 Å². The van der Waals surface area contributed by atoms with Gasteiger partial charge in [0.2, 0.25) is 0 Å². The topological polar surface area (TPSA) is 21.3 Å². The second kappa shape index (κ2) is 9.69. The number of likely N-dealkylation sites (N-methyl/N-ethyl adjacent to an activating group) is 1. The Morgan fingerprint density at radius 2 is 1.87 bits per heavy atom. The zero-order valence-electron chi connectivity index (χ0n) is 10.0. The molecule has 0 saturated carbocycles. The molecule has 0 aromatic carbocycles. The molecule has 0 rings (SSSR count). The third-order valence-corrected chi connectivity index (χ3v) is 1.97. The first kappa shape index (κ1) is 14.1. The van der Waals surface area contributed by atoms with Crippen molar-refractivity contribution in [2.45, 2.75) is 20.3 Å². The summed E-state index contributed by atoms with van der Waals surface area (Å²) in [5.41, 5.74) is 2.10. The SMILES string of the molecule is C=C(/C=C\C(=C)COCCNCC)CC. The molecule has 0 bridgehead atoms. The molecular weight excluding hydrogens is 186 g/mol. The molecule has 2 heteroatoms. The van der Waals surface area contributed by atoms with Gasteiger partial charge in [0, 0.05) is 6.54 Å². The summed E-state index contributed by atoms with van der Waals surface area (Å²) in [6.07, 6.45) is 4.94. The lowest BCUT2D eigenvalue weighted by Crippen LogP contribution is -2.19. The fourth-order valence-corrected chi connectivity index (χ4v) is 0.926. The van der Waals surface area contributed by atoms with Crippen molar-refractivity contribution < 1.29 is 4.74 Å². The second-order valence-corrected chi connectivity index (χ2v) is 3.41. The number of hydrogen-bond acceptors (Lipinski definition) is 2. The van der Waals surface area contributed by atoms with E-state index in [0.29, 0.717) is 6.61 Å². The number of allylic oxidation sites excluding steroid dienone is 2. The molecule has 0 atom stereocenters. The fraction of sp³-hybridized carbons (Fsp3) is 0.538. The van der Waals surface area contributed by atoms with E-state index in [9.17, 15) is 0 Å². The largest absolute Gasteiger partial charge is 0.375 e. The van der Waals surface area contributed by atoms with Crippen molar-refractivity contribution in [1.82, 2.24) is 5.32 Å². The maximum Gasteiger partial charge on any atom is 0.0711 e. The Bertz CT molecular complexity index is 219. The Morgan fingerprint density at radius 1 is 1.20 bits per heavy atom. The molecule has 0 spiro atoms. The lowest BCUT2D eigenvalue weighted by atomic mass is 10.2. The minimum absolute atomic E-state index is 0.596. The van der Waals surface area contributed by atoms with Crippen LogP contribution in [0.3, 0.4) is 0 Å². The highest BCUT2D eigenvalue weighted by molar-refractivity contribution is 5.24. The molecule has 2 nitrogen and oxygen atoms in total. The normalized spacial score (nSPS) is 10.8. The zero-order chi connectivity index (χ0) is 11.5. The van der Waals surface area contributed by atoms with Crippen molar-refractivity contribution in [3.63, 3.8) is 0 Å². The Balaban J connectivity index is 3.49. The molecule has 0 aromatic rings. The van der Waals surface area contributed by atoms with Crippen LogP contribution in [0.15, 0.2) is 36.5 Å². The van der Waals surface area contributed by atoms with Crippen LogP contribution >= 0.6 is 0 Å². The van der Waals surface area contributed by atoms with Gasteiger partial charge in [-0.3, -0.25) is 0 Å². The fourth-order valence-electron chi connectivity index (χ4n) is 0.926. The first-order valence-electron chi connectivity index (χ1n) is 5.52. The van der Waals surface area contributed by atoms with Gasteiger partial charge in [-0.05, 0) is 18.5 Å². The molecule has 0 amide bonds. The first-order valence-corrected chi connectivity index (χ1v) is 5.52. The molecule has 86 valence electrons. The van der Waals surface area contributed by atoms with E-state index in [0.717, 1.165) is 37.3 Å². The van der Waals surface area contributed by atoms with Crippen LogP contribution in [0.4, 0.5) is 0 Å². The minimum Gasteiger partial charge on any atom is -0.375 e. The van der Waals surface area contributed by atoms with E-state index in [1.165, 1.54) is 0 Å². The minimum atomic E-state index is 0.596. The molecule has 0 aromatic heterocycles. The number of hydrogen-bond donors (Lipinski definition) is 1. The number of ether oxygens (including phenoxy) is 1. The summed E-state index contributed by atoms with van der Waals surface area (Å²) in [4.78, 5) is 0. The van der Waals surface area contributed by atoms with E-state index in [1.54, 1.807) is 0 Å². The first-order chi connectivity index (χ1) is 7.20. The van der Waals surface area contributed by atoms with Crippen LogP contribution in [0, 0.1) is 0 Å². The summed E-state index contributed by atoms with van der Waals surface area (Å²) in [6.45, 7) is 15.2. The van der Waals surface area contributed by atoms with E-state index in [4.69, 9.17) is 4.74 Å². The summed E-state index contributed by atoms with van der Waals surface area (Å²) >= 11 is 0. The maximum atomic E-state index is 5.42. The van der Waals surface area contributed by atoms with Crippen molar-refractivity contribution in [2.24, 2.45) is 0 Å². The molecule has 0 saturated heterocycles. The average molecular weight is 209 g/mol. The summed E-state index contributed by atoms with van der Waals surface area (Å²) in [5.74, 6) is 0. The Hall–Kier alpha value is -0.860. The van der Waals surface area contributed by atoms with Crippen molar-refractivity contribution in [3.05, 3.63) is 36.5 Å². The van der Waals surface area contributed by atoms with Crippen molar-refractivity contribution >= 4 is 0 Å². The van der Waals surface area contributed by atoms with Crippen molar-refractivity contribution in [1.29, 1.82) is 0 Å². The van der Waals surface area contributed by atoms with Crippen LogP contribution in [0.2, 0.25) is 0 Å². The van der Waals surface area contributed by atoms with Gasteiger partial charge in [0.25, 0.3) is 0 Å².